The van der Waals surface area contributed by atoms with Gasteiger partial charge in [0.1, 0.15) is 0 Å². The summed E-state index contributed by atoms with van der Waals surface area (Å²) < 4.78 is 4.42. The largest absolute Gasteiger partial charge is 0.468 e. The van der Waals surface area contributed by atoms with Crippen LogP contribution in [0.2, 0.25) is 0 Å². The van der Waals surface area contributed by atoms with Crippen molar-refractivity contribution >= 4 is 12.4 Å². The summed E-state index contributed by atoms with van der Waals surface area (Å²) in [5.41, 5.74) is 0.446. The zero-order chi connectivity index (χ0) is 9.56. The number of likely N-dealkylation sites (N-methyl/N-ethyl adjacent to an activating group) is 1. The lowest BCUT2D eigenvalue weighted by molar-refractivity contribution is -0.129. The van der Waals surface area contributed by atoms with Gasteiger partial charge < -0.3 is 9.64 Å². The maximum absolute atomic E-state index is 11.1. The first-order valence-electron chi connectivity index (χ1n) is 3.54. The summed E-state index contributed by atoms with van der Waals surface area (Å²) in [7, 11) is 3.29. The molecule has 0 saturated heterocycles. The van der Waals surface area contributed by atoms with E-state index in [-0.39, 0.29) is 12.5 Å². The first kappa shape index (κ1) is 10.7. The number of ether oxygens (including phenoxy) is 1. The molecule has 4 heteroatoms. The first-order chi connectivity index (χ1) is 5.59. The van der Waals surface area contributed by atoms with Crippen LogP contribution in [-0.4, -0.2) is 38.0 Å². The molecule has 0 aliphatic rings. The number of rotatable bonds is 5. The van der Waals surface area contributed by atoms with Crippen molar-refractivity contribution in [3.8, 4) is 0 Å². The van der Waals surface area contributed by atoms with E-state index in [1.165, 1.54) is 4.90 Å². The van der Waals surface area contributed by atoms with Crippen LogP contribution in [0.15, 0.2) is 12.2 Å². The SMILES string of the molecule is C=C(CCOC=O)C(=O)N(C)C. The quantitative estimate of drug-likeness (QED) is 0.337. The van der Waals surface area contributed by atoms with Crippen molar-refractivity contribution in [1.29, 1.82) is 0 Å². The monoisotopic (exact) mass is 171 g/mol. The third-order valence-corrected chi connectivity index (χ3v) is 1.30. The molecule has 0 spiro atoms. The van der Waals surface area contributed by atoms with Crippen molar-refractivity contribution < 1.29 is 14.3 Å². The van der Waals surface area contributed by atoms with Gasteiger partial charge in [-0.1, -0.05) is 6.58 Å². The van der Waals surface area contributed by atoms with E-state index in [2.05, 4.69) is 11.3 Å². The summed E-state index contributed by atoms with van der Waals surface area (Å²) in [6.07, 6.45) is 0.385. The Balaban J connectivity index is 3.72. The summed E-state index contributed by atoms with van der Waals surface area (Å²) in [6, 6.07) is 0. The number of carbonyl (C=O) groups is 2. The van der Waals surface area contributed by atoms with Gasteiger partial charge in [0.2, 0.25) is 5.91 Å². The molecule has 0 aliphatic heterocycles. The first-order valence-corrected chi connectivity index (χ1v) is 3.54. The summed E-state index contributed by atoms with van der Waals surface area (Å²) in [5.74, 6) is -0.135. The minimum absolute atomic E-state index is 0.135. The van der Waals surface area contributed by atoms with Crippen molar-refractivity contribution in [2.24, 2.45) is 0 Å². The van der Waals surface area contributed by atoms with Crippen LogP contribution in [0.1, 0.15) is 6.42 Å². The maximum atomic E-state index is 11.1. The van der Waals surface area contributed by atoms with Crippen molar-refractivity contribution in [2.45, 2.75) is 6.42 Å². The van der Waals surface area contributed by atoms with E-state index < -0.39 is 0 Å². The van der Waals surface area contributed by atoms with Gasteiger partial charge in [-0.15, -0.1) is 0 Å². The normalized spacial score (nSPS) is 8.83. The van der Waals surface area contributed by atoms with Gasteiger partial charge in [0.05, 0.1) is 6.61 Å². The van der Waals surface area contributed by atoms with Crippen LogP contribution in [0, 0.1) is 0 Å². The van der Waals surface area contributed by atoms with Gasteiger partial charge in [-0.25, -0.2) is 0 Å². The zero-order valence-electron chi connectivity index (χ0n) is 7.37. The van der Waals surface area contributed by atoms with Crippen LogP contribution >= 0.6 is 0 Å². The summed E-state index contributed by atoms with van der Waals surface area (Å²) >= 11 is 0. The van der Waals surface area contributed by atoms with E-state index in [0.717, 1.165) is 0 Å². The molecule has 4 nitrogen and oxygen atoms in total. The number of amides is 1. The van der Waals surface area contributed by atoms with Crippen molar-refractivity contribution in [3.05, 3.63) is 12.2 Å². The van der Waals surface area contributed by atoms with E-state index in [1.54, 1.807) is 14.1 Å². The Kier molecular flexibility index (Phi) is 4.76. The third kappa shape index (κ3) is 3.75. The van der Waals surface area contributed by atoms with E-state index in [0.29, 0.717) is 18.5 Å². The highest BCUT2D eigenvalue weighted by Gasteiger charge is 2.07. The van der Waals surface area contributed by atoms with E-state index in [4.69, 9.17) is 0 Å². The van der Waals surface area contributed by atoms with Gasteiger partial charge in [0, 0.05) is 26.1 Å². The minimum atomic E-state index is -0.135. The van der Waals surface area contributed by atoms with Crippen LogP contribution in [0.25, 0.3) is 0 Å². The van der Waals surface area contributed by atoms with E-state index in [1.807, 2.05) is 0 Å². The van der Waals surface area contributed by atoms with Crippen molar-refractivity contribution in [3.63, 3.8) is 0 Å². The lowest BCUT2D eigenvalue weighted by Gasteiger charge is -2.11. The molecule has 0 rings (SSSR count). The highest BCUT2D eigenvalue weighted by atomic mass is 16.5. The molecule has 0 atom stereocenters. The summed E-state index contributed by atoms with van der Waals surface area (Å²) in [6.45, 7) is 4.13. The lowest BCUT2D eigenvalue weighted by Crippen LogP contribution is -2.23. The predicted molar refractivity (Wildman–Crippen MR) is 44.5 cm³/mol. The van der Waals surface area contributed by atoms with Crippen molar-refractivity contribution in [2.75, 3.05) is 20.7 Å². The fourth-order valence-corrected chi connectivity index (χ4v) is 0.653. The Bertz CT molecular complexity index is 187. The second kappa shape index (κ2) is 5.35. The standard InChI is InChI=1S/C8H13NO3/c1-7(4-5-12-6-10)8(11)9(2)3/h6H,1,4-5H2,2-3H3. The predicted octanol–water partition coefficient (Wildman–Crippen LogP) is 0.194. The minimum Gasteiger partial charge on any atom is -0.468 e. The lowest BCUT2D eigenvalue weighted by atomic mass is 10.2. The third-order valence-electron chi connectivity index (χ3n) is 1.30. The van der Waals surface area contributed by atoms with Gasteiger partial charge >= 0.3 is 0 Å². The Hall–Kier alpha value is -1.32. The van der Waals surface area contributed by atoms with E-state index >= 15 is 0 Å². The highest BCUT2D eigenvalue weighted by molar-refractivity contribution is 5.92. The maximum Gasteiger partial charge on any atom is 0.293 e. The van der Waals surface area contributed by atoms with Crippen LogP contribution in [0.3, 0.4) is 0 Å². The van der Waals surface area contributed by atoms with Gasteiger partial charge in [0.15, 0.2) is 0 Å². The second-order valence-electron chi connectivity index (χ2n) is 2.52. The molecule has 0 bridgehead atoms. The van der Waals surface area contributed by atoms with Gasteiger partial charge in [-0.05, 0) is 0 Å². The molecular formula is C8H13NO3. The van der Waals surface area contributed by atoms with E-state index in [9.17, 15) is 9.59 Å². The number of nitrogens with zero attached hydrogens (tertiary/aromatic N) is 1. The van der Waals surface area contributed by atoms with Crippen LogP contribution < -0.4 is 0 Å². The molecule has 0 N–H and O–H groups in total. The number of carbonyl (C=O) groups excluding carboxylic acids is 2. The highest BCUT2D eigenvalue weighted by Crippen LogP contribution is 2.00. The molecule has 0 aliphatic carbocycles. The van der Waals surface area contributed by atoms with Crippen LogP contribution in [0.5, 0.6) is 0 Å². The topological polar surface area (TPSA) is 46.6 Å². The molecule has 0 aromatic heterocycles. The van der Waals surface area contributed by atoms with Crippen LogP contribution in [0.4, 0.5) is 0 Å². The Labute approximate surface area is 71.8 Å². The Morgan fingerprint density at radius 3 is 2.58 bits per heavy atom. The second-order valence-corrected chi connectivity index (χ2v) is 2.52. The van der Waals surface area contributed by atoms with Gasteiger partial charge in [-0.2, -0.15) is 0 Å². The Morgan fingerprint density at radius 2 is 2.17 bits per heavy atom. The fourth-order valence-electron chi connectivity index (χ4n) is 0.653. The van der Waals surface area contributed by atoms with Crippen LogP contribution in [-0.2, 0) is 14.3 Å². The molecule has 0 aromatic carbocycles. The molecule has 0 saturated carbocycles. The number of hydrogen-bond donors (Lipinski definition) is 0. The summed E-state index contributed by atoms with van der Waals surface area (Å²) in [4.78, 5) is 22.3. The van der Waals surface area contributed by atoms with Gasteiger partial charge in [0.25, 0.3) is 6.47 Å². The van der Waals surface area contributed by atoms with Crippen molar-refractivity contribution in [1.82, 2.24) is 4.90 Å². The zero-order valence-corrected chi connectivity index (χ0v) is 7.37. The molecule has 0 aromatic rings. The molecule has 68 valence electrons. The molecule has 0 radical (unpaired) electrons. The molecule has 0 unspecified atom stereocenters. The smallest absolute Gasteiger partial charge is 0.293 e. The van der Waals surface area contributed by atoms with Gasteiger partial charge in [-0.3, -0.25) is 9.59 Å². The average Bonchev–Trinajstić information content (AvgIpc) is 2.03. The molecule has 1 amide bonds. The number of hydrogen-bond acceptors (Lipinski definition) is 3. The average molecular weight is 171 g/mol. The molecular weight excluding hydrogens is 158 g/mol. The molecule has 0 heterocycles. The molecule has 12 heavy (non-hydrogen) atoms. The Morgan fingerprint density at radius 1 is 1.58 bits per heavy atom. The molecule has 0 fully saturated rings. The summed E-state index contributed by atoms with van der Waals surface area (Å²) in [5, 5.41) is 0. The fraction of sp³-hybridized carbons (Fsp3) is 0.500.